The molecule has 1 heterocycles. The maximum absolute atomic E-state index is 12.8. The fraction of sp³-hybridized carbons (Fsp3) is 0.600. The van der Waals surface area contributed by atoms with Gasteiger partial charge < -0.3 is 19.7 Å². The largest absolute Gasteiger partial charge is 0.497 e. The summed E-state index contributed by atoms with van der Waals surface area (Å²) in [7, 11) is 3.22. The number of carbonyl (C=O) groups excluding carboxylic acids is 2. The maximum Gasteiger partial charge on any atom is 0.225 e. The van der Waals surface area contributed by atoms with Crippen molar-refractivity contribution in [3.8, 4) is 11.5 Å². The van der Waals surface area contributed by atoms with E-state index in [1.165, 1.54) is 0 Å². The molecule has 6 heteroatoms. The Balaban J connectivity index is 1.90. The van der Waals surface area contributed by atoms with Crippen molar-refractivity contribution in [2.75, 3.05) is 27.3 Å². The van der Waals surface area contributed by atoms with E-state index in [4.69, 9.17) is 9.47 Å². The van der Waals surface area contributed by atoms with E-state index < -0.39 is 0 Å². The van der Waals surface area contributed by atoms with Gasteiger partial charge in [0.15, 0.2) is 0 Å². The van der Waals surface area contributed by atoms with Crippen LogP contribution in [0.3, 0.4) is 0 Å². The molecule has 0 bridgehead atoms. The van der Waals surface area contributed by atoms with Gasteiger partial charge in [0.1, 0.15) is 11.5 Å². The Morgan fingerprint density at radius 3 is 2.46 bits per heavy atom. The number of carbonyl (C=O) groups is 2. The fourth-order valence-corrected chi connectivity index (χ4v) is 3.59. The van der Waals surface area contributed by atoms with Crippen molar-refractivity contribution in [1.29, 1.82) is 0 Å². The van der Waals surface area contributed by atoms with E-state index in [9.17, 15) is 9.59 Å². The second-order valence-electron chi connectivity index (χ2n) is 7.50. The smallest absolute Gasteiger partial charge is 0.225 e. The van der Waals surface area contributed by atoms with E-state index in [0.717, 1.165) is 18.4 Å². The van der Waals surface area contributed by atoms with Crippen LogP contribution in [0.5, 0.6) is 11.5 Å². The Hall–Kier alpha value is -2.24. The summed E-state index contributed by atoms with van der Waals surface area (Å²) in [5, 5.41) is 3.10. The first-order chi connectivity index (χ1) is 12.4. The van der Waals surface area contributed by atoms with Crippen LogP contribution < -0.4 is 14.8 Å². The van der Waals surface area contributed by atoms with Crippen molar-refractivity contribution < 1.29 is 19.1 Å². The van der Waals surface area contributed by atoms with E-state index in [-0.39, 0.29) is 29.6 Å². The van der Waals surface area contributed by atoms with E-state index in [1.54, 1.807) is 14.2 Å². The molecule has 1 aliphatic heterocycles. The topological polar surface area (TPSA) is 67.9 Å². The maximum atomic E-state index is 12.8. The van der Waals surface area contributed by atoms with Gasteiger partial charge >= 0.3 is 0 Å². The Morgan fingerprint density at radius 2 is 1.88 bits per heavy atom. The molecule has 142 valence electrons. The van der Waals surface area contributed by atoms with Gasteiger partial charge in [-0.1, -0.05) is 19.9 Å². The lowest BCUT2D eigenvalue weighted by Crippen LogP contribution is -2.37. The molecule has 0 spiro atoms. The van der Waals surface area contributed by atoms with Crippen molar-refractivity contribution in [3.63, 3.8) is 0 Å². The van der Waals surface area contributed by atoms with Crippen LogP contribution in [0.25, 0.3) is 0 Å². The number of ether oxygens (including phenoxy) is 2. The average Bonchev–Trinajstić information content (AvgIpc) is 3.34. The van der Waals surface area contributed by atoms with Crippen LogP contribution in [0.4, 0.5) is 0 Å². The number of likely N-dealkylation sites (tertiary alicyclic amines) is 1. The molecule has 0 radical (unpaired) electrons. The monoisotopic (exact) mass is 360 g/mol. The van der Waals surface area contributed by atoms with Crippen molar-refractivity contribution >= 4 is 11.8 Å². The number of nitrogens with zero attached hydrogens (tertiary/aromatic N) is 1. The van der Waals surface area contributed by atoms with Gasteiger partial charge in [-0.15, -0.1) is 0 Å². The molecule has 1 N–H and O–H groups in total. The van der Waals surface area contributed by atoms with E-state index in [2.05, 4.69) is 5.32 Å². The fourth-order valence-electron chi connectivity index (χ4n) is 3.59. The van der Waals surface area contributed by atoms with Crippen LogP contribution in [0.1, 0.15) is 38.2 Å². The highest BCUT2D eigenvalue weighted by Gasteiger charge is 2.43. The first kappa shape index (κ1) is 18.5. The number of rotatable bonds is 6. The van der Waals surface area contributed by atoms with Crippen LogP contribution >= 0.6 is 0 Å². The van der Waals surface area contributed by atoms with Crippen LogP contribution in [-0.4, -0.2) is 50.1 Å². The number of hydrogen-bond acceptors (Lipinski definition) is 4. The highest BCUT2D eigenvalue weighted by atomic mass is 16.5. The third kappa shape index (κ3) is 3.79. The molecule has 2 amide bonds. The SMILES string of the molecule is COc1ccc([C@@H]2CN(C(=O)C(C)C)C[C@H]2C(=O)NC2CC2)c(OC)c1. The zero-order chi connectivity index (χ0) is 18.8. The summed E-state index contributed by atoms with van der Waals surface area (Å²) in [5.74, 6) is 1.09. The van der Waals surface area contributed by atoms with Gasteiger partial charge in [-0.3, -0.25) is 9.59 Å². The number of amides is 2. The summed E-state index contributed by atoms with van der Waals surface area (Å²) in [4.78, 5) is 27.2. The molecule has 1 aromatic rings. The molecule has 3 rings (SSSR count). The molecule has 2 atom stereocenters. The Labute approximate surface area is 154 Å². The molecule has 0 unspecified atom stereocenters. The third-order valence-corrected chi connectivity index (χ3v) is 5.23. The Bertz CT molecular complexity index is 684. The van der Waals surface area contributed by atoms with E-state index in [1.807, 2.05) is 36.9 Å². The van der Waals surface area contributed by atoms with Crippen molar-refractivity contribution in [2.24, 2.45) is 11.8 Å². The number of nitrogens with one attached hydrogen (secondary N) is 1. The molecule has 26 heavy (non-hydrogen) atoms. The molecule has 2 aliphatic rings. The minimum Gasteiger partial charge on any atom is -0.497 e. The van der Waals surface area contributed by atoms with Gasteiger partial charge in [0, 0.05) is 42.6 Å². The predicted octanol–water partition coefficient (Wildman–Crippen LogP) is 2.18. The normalized spacial score (nSPS) is 22.4. The zero-order valence-corrected chi connectivity index (χ0v) is 16.0. The van der Waals surface area contributed by atoms with Crippen molar-refractivity contribution in [1.82, 2.24) is 10.2 Å². The average molecular weight is 360 g/mol. The highest BCUT2D eigenvalue weighted by Crippen LogP contribution is 2.40. The molecule has 0 aromatic heterocycles. The number of methoxy groups -OCH3 is 2. The van der Waals surface area contributed by atoms with E-state index in [0.29, 0.717) is 30.6 Å². The quantitative estimate of drug-likeness (QED) is 0.844. The first-order valence-corrected chi connectivity index (χ1v) is 9.25. The summed E-state index contributed by atoms with van der Waals surface area (Å²) in [6.07, 6.45) is 2.09. The van der Waals surface area contributed by atoms with Crippen LogP contribution in [0.15, 0.2) is 18.2 Å². The first-order valence-electron chi connectivity index (χ1n) is 9.25. The molecule has 6 nitrogen and oxygen atoms in total. The van der Waals surface area contributed by atoms with Gasteiger partial charge in [-0.25, -0.2) is 0 Å². The van der Waals surface area contributed by atoms with Crippen molar-refractivity contribution in [2.45, 2.75) is 38.6 Å². The van der Waals surface area contributed by atoms with Gasteiger partial charge in [0.25, 0.3) is 0 Å². The molecule has 1 aromatic carbocycles. The van der Waals surface area contributed by atoms with Gasteiger partial charge in [-0.2, -0.15) is 0 Å². The molecule has 1 saturated carbocycles. The van der Waals surface area contributed by atoms with Gasteiger partial charge in [0.05, 0.1) is 20.1 Å². The lowest BCUT2D eigenvalue weighted by molar-refractivity contribution is -0.133. The third-order valence-electron chi connectivity index (χ3n) is 5.23. The minimum absolute atomic E-state index is 0.0365. The zero-order valence-electron chi connectivity index (χ0n) is 16.0. The van der Waals surface area contributed by atoms with E-state index >= 15 is 0 Å². The van der Waals surface area contributed by atoms with Gasteiger partial charge in [0.2, 0.25) is 11.8 Å². The molecular formula is C20H28N2O4. The van der Waals surface area contributed by atoms with Crippen LogP contribution in [0.2, 0.25) is 0 Å². The predicted molar refractivity (Wildman–Crippen MR) is 98.4 cm³/mol. The standard InChI is InChI=1S/C20H28N2O4/c1-12(2)20(24)22-10-16(17(11-22)19(23)21-13-5-6-13)15-8-7-14(25-3)9-18(15)26-4/h7-9,12-13,16-17H,5-6,10-11H2,1-4H3,(H,21,23)/t16-,17+/m0/s1. The minimum atomic E-state index is -0.263. The lowest BCUT2D eigenvalue weighted by Gasteiger charge is -2.21. The second-order valence-corrected chi connectivity index (χ2v) is 7.50. The summed E-state index contributed by atoms with van der Waals surface area (Å²) in [5.41, 5.74) is 0.948. The highest BCUT2D eigenvalue weighted by molar-refractivity contribution is 5.84. The lowest BCUT2D eigenvalue weighted by atomic mass is 9.87. The van der Waals surface area contributed by atoms with Crippen LogP contribution in [0, 0.1) is 11.8 Å². The Morgan fingerprint density at radius 1 is 1.15 bits per heavy atom. The summed E-state index contributed by atoms with van der Waals surface area (Å²) >= 11 is 0. The molecule has 1 aliphatic carbocycles. The molecule has 2 fully saturated rings. The second kappa shape index (κ2) is 7.56. The number of hydrogen-bond donors (Lipinski definition) is 1. The number of benzene rings is 1. The Kier molecular flexibility index (Phi) is 5.39. The van der Waals surface area contributed by atoms with Crippen molar-refractivity contribution in [3.05, 3.63) is 23.8 Å². The summed E-state index contributed by atoms with van der Waals surface area (Å²) in [6, 6.07) is 5.96. The van der Waals surface area contributed by atoms with Crippen LogP contribution in [-0.2, 0) is 9.59 Å². The molecular weight excluding hydrogens is 332 g/mol. The molecule has 1 saturated heterocycles. The summed E-state index contributed by atoms with van der Waals surface area (Å²) < 4.78 is 10.8. The van der Waals surface area contributed by atoms with Gasteiger partial charge in [-0.05, 0) is 18.9 Å². The summed E-state index contributed by atoms with van der Waals surface area (Å²) in [6.45, 7) is 4.77.